The molecule has 4 heteroatoms. The van der Waals surface area contributed by atoms with Crippen molar-refractivity contribution in [2.24, 2.45) is 0 Å². The maximum Gasteiger partial charge on any atom is 0.328 e. The van der Waals surface area contributed by atoms with Gasteiger partial charge in [-0.1, -0.05) is 18.2 Å². The normalized spacial score (nSPS) is 14.5. The molecule has 21 heavy (non-hydrogen) atoms. The fraction of sp³-hybridized carbons (Fsp3) is 0.235. The van der Waals surface area contributed by atoms with Crippen LogP contribution in [0, 0.1) is 0 Å². The first-order valence-electron chi connectivity index (χ1n) is 7.02. The topological polar surface area (TPSA) is 40.5 Å². The molecule has 1 aliphatic rings. The van der Waals surface area contributed by atoms with Crippen molar-refractivity contribution in [1.82, 2.24) is 0 Å². The van der Waals surface area contributed by atoms with Crippen molar-refractivity contribution >= 4 is 29.1 Å². The molecule has 3 nitrogen and oxygen atoms in total. The van der Waals surface area contributed by atoms with E-state index >= 15 is 0 Å². The zero-order valence-corrected chi connectivity index (χ0v) is 12.4. The third-order valence-corrected chi connectivity index (χ3v) is 4.30. The molecule has 3 rings (SSSR count). The monoisotopic (exact) mass is 299 g/mol. The van der Waals surface area contributed by atoms with Crippen LogP contribution in [0.3, 0.4) is 0 Å². The average Bonchev–Trinajstić information content (AvgIpc) is 3.20. The number of hydrogen-bond acceptors (Lipinski definition) is 3. The molecule has 0 bridgehead atoms. The molecule has 0 amide bonds. The number of carboxylic acid groups (broad SMARTS) is 1. The van der Waals surface area contributed by atoms with Gasteiger partial charge in [0.25, 0.3) is 0 Å². The lowest BCUT2D eigenvalue weighted by Crippen LogP contribution is -2.25. The Bertz CT molecular complexity index is 645. The van der Waals surface area contributed by atoms with Crippen LogP contribution >= 0.6 is 11.3 Å². The zero-order valence-electron chi connectivity index (χ0n) is 11.6. The molecule has 1 aromatic carbocycles. The van der Waals surface area contributed by atoms with Gasteiger partial charge >= 0.3 is 5.97 Å². The highest BCUT2D eigenvalue weighted by Crippen LogP contribution is 2.35. The SMILES string of the molecule is O=C(O)C=Cc1ccccc1N(Cc1ccsc1)C1CC1. The van der Waals surface area contributed by atoms with Gasteiger partial charge in [0.15, 0.2) is 0 Å². The minimum atomic E-state index is -0.916. The van der Waals surface area contributed by atoms with Crippen molar-refractivity contribution in [1.29, 1.82) is 0 Å². The third-order valence-electron chi connectivity index (χ3n) is 3.57. The molecule has 1 fully saturated rings. The van der Waals surface area contributed by atoms with E-state index in [2.05, 4.69) is 27.8 Å². The van der Waals surface area contributed by atoms with Gasteiger partial charge in [-0.25, -0.2) is 4.79 Å². The van der Waals surface area contributed by atoms with E-state index in [1.54, 1.807) is 17.4 Å². The summed E-state index contributed by atoms with van der Waals surface area (Å²) in [5.41, 5.74) is 3.38. The Morgan fingerprint density at radius 2 is 2.14 bits per heavy atom. The van der Waals surface area contributed by atoms with Crippen LogP contribution in [0.2, 0.25) is 0 Å². The van der Waals surface area contributed by atoms with Crippen LogP contribution in [0.25, 0.3) is 6.08 Å². The number of carboxylic acids is 1. The Labute approximate surface area is 128 Å². The van der Waals surface area contributed by atoms with E-state index in [1.165, 1.54) is 24.5 Å². The summed E-state index contributed by atoms with van der Waals surface area (Å²) in [6.07, 6.45) is 5.30. The van der Waals surface area contributed by atoms with Crippen LogP contribution in [0.5, 0.6) is 0 Å². The van der Waals surface area contributed by atoms with E-state index < -0.39 is 5.97 Å². The fourth-order valence-electron chi connectivity index (χ4n) is 2.43. The van der Waals surface area contributed by atoms with Gasteiger partial charge in [-0.15, -0.1) is 0 Å². The van der Waals surface area contributed by atoms with Crippen molar-refractivity contribution < 1.29 is 9.90 Å². The average molecular weight is 299 g/mol. The van der Waals surface area contributed by atoms with Gasteiger partial charge in [0.2, 0.25) is 0 Å². The quantitative estimate of drug-likeness (QED) is 0.819. The molecular formula is C17H17NO2S. The molecule has 0 unspecified atom stereocenters. The van der Waals surface area contributed by atoms with Crippen LogP contribution in [-0.2, 0) is 11.3 Å². The number of anilines is 1. The van der Waals surface area contributed by atoms with Crippen LogP contribution < -0.4 is 4.90 Å². The van der Waals surface area contributed by atoms with Gasteiger partial charge < -0.3 is 10.0 Å². The Morgan fingerprint density at radius 3 is 2.81 bits per heavy atom. The van der Waals surface area contributed by atoms with E-state index in [-0.39, 0.29) is 0 Å². The summed E-state index contributed by atoms with van der Waals surface area (Å²) < 4.78 is 0. The van der Waals surface area contributed by atoms with Crippen molar-refractivity contribution in [3.8, 4) is 0 Å². The van der Waals surface area contributed by atoms with Gasteiger partial charge in [-0.05, 0) is 52.9 Å². The van der Waals surface area contributed by atoms with E-state index in [0.717, 1.165) is 17.8 Å². The van der Waals surface area contributed by atoms with Crippen molar-refractivity contribution in [2.45, 2.75) is 25.4 Å². The molecule has 1 aromatic heterocycles. The second-order valence-electron chi connectivity index (χ2n) is 5.22. The highest BCUT2D eigenvalue weighted by atomic mass is 32.1. The molecule has 108 valence electrons. The number of benzene rings is 1. The summed E-state index contributed by atoms with van der Waals surface area (Å²) in [7, 11) is 0. The lowest BCUT2D eigenvalue weighted by molar-refractivity contribution is -0.131. The molecule has 1 saturated carbocycles. The molecule has 1 aliphatic carbocycles. The summed E-state index contributed by atoms with van der Waals surface area (Å²) >= 11 is 1.71. The van der Waals surface area contributed by atoms with Crippen molar-refractivity contribution in [3.05, 3.63) is 58.3 Å². The van der Waals surface area contributed by atoms with E-state index in [4.69, 9.17) is 5.11 Å². The Balaban J connectivity index is 1.90. The lowest BCUT2D eigenvalue weighted by Gasteiger charge is -2.26. The summed E-state index contributed by atoms with van der Waals surface area (Å²) in [6, 6.07) is 10.7. The predicted octanol–water partition coefficient (Wildman–Crippen LogP) is 4.01. The van der Waals surface area contributed by atoms with Gasteiger partial charge in [0.05, 0.1) is 0 Å². The molecular weight excluding hydrogens is 282 g/mol. The summed E-state index contributed by atoms with van der Waals surface area (Å²) in [4.78, 5) is 13.1. The minimum Gasteiger partial charge on any atom is -0.478 e. The minimum absolute atomic E-state index is 0.573. The van der Waals surface area contributed by atoms with Crippen molar-refractivity contribution in [3.63, 3.8) is 0 Å². The van der Waals surface area contributed by atoms with Gasteiger partial charge in [0, 0.05) is 24.4 Å². The zero-order chi connectivity index (χ0) is 14.7. The van der Waals surface area contributed by atoms with Crippen LogP contribution in [0.1, 0.15) is 24.0 Å². The largest absolute Gasteiger partial charge is 0.478 e. The molecule has 0 aliphatic heterocycles. The van der Waals surface area contributed by atoms with Gasteiger partial charge in [-0.2, -0.15) is 11.3 Å². The van der Waals surface area contributed by atoms with Crippen LogP contribution in [0.15, 0.2) is 47.2 Å². The first-order chi connectivity index (χ1) is 10.2. The highest BCUT2D eigenvalue weighted by molar-refractivity contribution is 7.07. The molecule has 1 heterocycles. The number of aliphatic carboxylic acids is 1. The second kappa shape index (κ2) is 6.14. The molecule has 0 spiro atoms. The van der Waals surface area contributed by atoms with E-state index in [9.17, 15) is 4.79 Å². The van der Waals surface area contributed by atoms with Gasteiger partial charge in [0.1, 0.15) is 0 Å². The number of hydrogen-bond donors (Lipinski definition) is 1. The van der Waals surface area contributed by atoms with Crippen LogP contribution in [-0.4, -0.2) is 17.1 Å². The standard InChI is InChI=1S/C17H17NO2S/c19-17(20)8-5-14-3-1-2-4-16(14)18(15-6-7-15)11-13-9-10-21-12-13/h1-5,8-10,12,15H,6-7,11H2,(H,19,20). The summed E-state index contributed by atoms with van der Waals surface area (Å²) in [6.45, 7) is 0.881. The second-order valence-corrected chi connectivity index (χ2v) is 6.00. The molecule has 0 radical (unpaired) electrons. The third kappa shape index (κ3) is 3.52. The Morgan fingerprint density at radius 1 is 1.33 bits per heavy atom. The predicted molar refractivity (Wildman–Crippen MR) is 86.6 cm³/mol. The van der Waals surface area contributed by atoms with Crippen LogP contribution in [0.4, 0.5) is 5.69 Å². The van der Waals surface area contributed by atoms with E-state index in [0.29, 0.717) is 6.04 Å². The number of carbonyl (C=O) groups is 1. The smallest absolute Gasteiger partial charge is 0.328 e. The first-order valence-corrected chi connectivity index (χ1v) is 7.96. The molecule has 1 N–H and O–H groups in total. The van der Waals surface area contributed by atoms with Gasteiger partial charge in [-0.3, -0.25) is 0 Å². The molecule has 0 saturated heterocycles. The first kappa shape index (κ1) is 13.9. The Hall–Kier alpha value is -2.07. The Kier molecular flexibility index (Phi) is 4.06. The highest BCUT2D eigenvalue weighted by Gasteiger charge is 2.30. The molecule has 2 aromatic rings. The number of rotatable bonds is 6. The maximum atomic E-state index is 10.8. The van der Waals surface area contributed by atoms with Crippen molar-refractivity contribution in [2.75, 3.05) is 4.90 Å². The number of thiophene rings is 1. The fourth-order valence-corrected chi connectivity index (χ4v) is 3.09. The molecule has 0 atom stereocenters. The number of para-hydroxylation sites is 1. The maximum absolute atomic E-state index is 10.8. The lowest BCUT2D eigenvalue weighted by atomic mass is 10.1. The summed E-state index contributed by atoms with van der Waals surface area (Å²) in [5, 5.41) is 13.1. The number of nitrogens with zero attached hydrogens (tertiary/aromatic N) is 1. The van der Waals surface area contributed by atoms with E-state index in [1.807, 2.05) is 18.2 Å². The summed E-state index contributed by atoms with van der Waals surface area (Å²) in [5.74, 6) is -0.916.